The summed E-state index contributed by atoms with van der Waals surface area (Å²) in [5.41, 5.74) is 2.70. The normalized spacial score (nSPS) is 23.4. The number of carboxylic acid groups (broad SMARTS) is 1. The second-order valence-corrected chi connectivity index (χ2v) is 5.95. The molecule has 0 radical (unpaired) electrons. The molecule has 1 saturated heterocycles. The molecule has 2 rings (SSSR count). The van der Waals surface area contributed by atoms with Crippen LogP contribution >= 0.6 is 0 Å². The molecule has 7 heteroatoms. The standard InChI is InChI=1S/C15H23N3O4/c1-8-6-18(7-12(22-8)15(20)21)14(19)9(2)13-10(3)16-17(5)11(13)4/h8-9,12H,6-7H2,1-5H3,(H,20,21)/t8-,9?,12?/m1/s1. The zero-order chi connectivity index (χ0) is 16.6. The van der Waals surface area contributed by atoms with Crippen molar-refractivity contribution < 1.29 is 19.4 Å². The van der Waals surface area contributed by atoms with Gasteiger partial charge in [0.1, 0.15) is 0 Å². The minimum absolute atomic E-state index is 0.0828. The summed E-state index contributed by atoms with van der Waals surface area (Å²) in [4.78, 5) is 25.5. The van der Waals surface area contributed by atoms with E-state index in [2.05, 4.69) is 5.10 Å². The van der Waals surface area contributed by atoms with Gasteiger partial charge in [-0.1, -0.05) is 0 Å². The average molecular weight is 309 g/mol. The lowest BCUT2D eigenvalue weighted by molar-refractivity contribution is -0.166. The summed E-state index contributed by atoms with van der Waals surface area (Å²) >= 11 is 0. The SMILES string of the molecule is Cc1nn(C)c(C)c1C(C)C(=O)N1CC(C(=O)O)O[C@H](C)C1. The number of carbonyl (C=O) groups excluding carboxylic acids is 1. The molecule has 1 amide bonds. The first-order valence-electron chi connectivity index (χ1n) is 7.39. The van der Waals surface area contributed by atoms with Crippen LogP contribution in [0.15, 0.2) is 0 Å². The van der Waals surface area contributed by atoms with Gasteiger partial charge >= 0.3 is 5.97 Å². The molecule has 1 aliphatic heterocycles. The Morgan fingerprint density at radius 1 is 1.36 bits per heavy atom. The van der Waals surface area contributed by atoms with Gasteiger partial charge in [0.05, 0.1) is 24.3 Å². The summed E-state index contributed by atoms with van der Waals surface area (Å²) in [6.07, 6.45) is -1.25. The number of ether oxygens (including phenoxy) is 1. The highest BCUT2D eigenvalue weighted by atomic mass is 16.5. The first-order chi connectivity index (χ1) is 10.2. The molecule has 1 fully saturated rings. The minimum atomic E-state index is -1.04. The second-order valence-electron chi connectivity index (χ2n) is 5.95. The van der Waals surface area contributed by atoms with Crippen LogP contribution in [0.4, 0.5) is 0 Å². The van der Waals surface area contributed by atoms with Gasteiger partial charge in [-0.2, -0.15) is 5.10 Å². The van der Waals surface area contributed by atoms with Crippen molar-refractivity contribution in [3.8, 4) is 0 Å². The van der Waals surface area contributed by atoms with E-state index in [1.54, 1.807) is 16.5 Å². The van der Waals surface area contributed by atoms with E-state index in [0.29, 0.717) is 6.54 Å². The third-order valence-corrected chi connectivity index (χ3v) is 4.22. The fraction of sp³-hybridized carbons (Fsp3) is 0.667. The van der Waals surface area contributed by atoms with Gasteiger partial charge in [-0.15, -0.1) is 0 Å². The smallest absolute Gasteiger partial charge is 0.334 e. The number of carboxylic acids is 1. The van der Waals surface area contributed by atoms with Crippen molar-refractivity contribution >= 4 is 11.9 Å². The number of aliphatic carboxylic acids is 1. The maximum absolute atomic E-state index is 12.8. The van der Waals surface area contributed by atoms with Crippen LogP contribution in [0.3, 0.4) is 0 Å². The van der Waals surface area contributed by atoms with Crippen molar-refractivity contribution in [3.63, 3.8) is 0 Å². The lowest BCUT2D eigenvalue weighted by Gasteiger charge is -2.36. The molecule has 2 unspecified atom stereocenters. The van der Waals surface area contributed by atoms with E-state index in [1.165, 1.54) is 0 Å². The molecule has 0 saturated carbocycles. The second kappa shape index (κ2) is 6.08. The van der Waals surface area contributed by atoms with Crippen LogP contribution in [0.5, 0.6) is 0 Å². The molecule has 122 valence electrons. The summed E-state index contributed by atoms with van der Waals surface area (Å²) in [7, 11) is 1.85. The van der Waals surface area contributed by atoms with Gasteiger partial charge in [-0.3, -0.25) is 9.48 Å². The predicted molar refractivity (Wildman–Crippen MR) is 79.6 cm³/mol. The van der Waals surface area contributed by atoms with E-state index in [9.17, 15) is 9.59 Å². The highest BCUT2D eigenvalue weighted by Gasteiger charge is 2.35. The molecule has 7 nitrogen and oxygen atoms in total. The van der Waals surface area contributed by atoms with Gasteiger partial charge in [0.2, 0.25) is 5.91 Å². The van der Waals surface area contributed by atoms with Crippen LogP contribution in [0.1, 0.15) is 36.7 Å². The number of morpholine rings is 1. The van der Waals surface area contributed by atoms with Crippen molar-refractivity contribution in [1.82, 2.24) is 14.7 Å². The van der Waals surface area contributed by atoms with Gasteiger partial charge in [0.15, 0.2) is 6.10 Å². The van der Waals surface area contributed by atoms with E-state index in [0.717, 1.165) is 17.0 Å². The lowest BCUT2D eigenvalue weighted by atomic mass is 9.97. The average Bonchev–Trinajstić information content (AvgIpc) is 2.70. The Bertz CT molecular complexity index is 596. The van der Waals surface area contributed by atoms with Crippen LogP contribution in [-0.2, 0) is 21.4 Å². The molecular formula is C15H23N3O4. The Morgan fingerprint density at radius 2 is 2.00 bits per heavy atom. The highest BCUT2D eigenvalue weighted by Crippen LogP contribution is 2.26. The summed E-state index contributed by atoms with van der Waals surface area (Å²) in [6, 6.07) is 0. The third kappa shape index (κ3) is 2.99. The van der Waals surface area contributed by atoms with Crippen LogP contribution < -0.4 is 0 Å². The molecular weight excluding hydrogens is 286 g/mol. The maximum Gasteiger partial charge on any atom is 0.334 e. The lowest BCUT2D eigenvalue weighted by Crippen LogP contribution is -2.52. The van der Waals surface area contributed by atoms with E-state index < -0.39 is 12.1 Å². The highest BCUT2D eigenvalue weighted by molar-refractivity contribution is 5.85. The topological polar surface area (TPSA) is 84.7 Å². The fourth-order valence-electron chi connectivity index (χ4n) is 3.08. The number of nitrogens with zero attached hydrogens (tertiary/aromatic N) is 3. The Morgan fingerprint density at radius 3 is 2.50 bits per heavy atom. The Hall–Kier alpha value is -1.89. The molecule has 1 N–H and O–H groups in total. The molecule has 0 aromatic carbocycles. The van der Waals surface area contributed by atoms with Gasteiger partial charge in [0.25, 0.3) is 0 Å². The number of aromatic nitrogens is 2. The molecule has 0 bridgehead atoms. The Labute approximate surface area is 129 Å². The summed E-state index contributed by atoms with van der Waals surface area (Å²) in [5, 5.41) is 13.5. The van der Waals surface area contributed by atoms with Gasteiger partial charge in [0, 0.05) is 24.8 Å². The molecule has 1 aliphatic rings. The monoisotopic (exact) mass is 309 g/mol. The van der Waals surface area contributed by atoms with Crippen LogP contribution in [-0.4, -0.2) is 57.0 Å². The molecule has 3 atom stereocenters. The number of hydrogen-bond donors (Lipinski definition) is 1. The van der Waals surface area contributed by atoms with Crippen LogP contribution in [0, 0.1) is 13.8 Å². The van der Waals surface area contributed by atoms with E-state index in [1.807, 2.05) is 27.8 Å². The van der Waals surface area contributed by atoms with Crippen molar-refractivity contribution in [2.24, 2.45) is 7.05 Å². The minimum Gasteiger partial charge on any atom is -0.479 e. The van der Waals surface area contributed by atoms with E-state index >= 15 is 0 Å². The molecule has 1 aromatic rings. The summed E-state index contributed by atoms with van der Waals surface area (Å²) in [6.45, 7) is 7.93. The number of hydrogen-bond acceptors (Lipinski definition) is 4. The Balaban J connectivity index is 2.21. The number of rotatable bonds is 3. The van der Waals surface area contributed by atoms with Gasteiger partial charge < -0.3 is 14.7 Å². The van der Waals surface area contributed by atoms with Crippen molar-refractivity contribution in [2.45, 2.75) is 45.8 Å². The summed E-state index contributed by atoms with van der Waals surface area (Å²) in [5.74, 6) is -1.47. The summed E-state index contributed by atoms with van der Waals surface area (Å²) < 4.78 is 7.12. The van der Waals surface area contributed by atoms with Crippen molar-refractivity contribution in [2.75, 3.05) is 13.1 Å². The largest absolute Gasteiger partial charge is 0.479 e. The number of amides is 1. The van der Waals surface area contributed by atoms with Crippen LogP contribution in [0.25, 0.3) is 0 Å². The van der Waals surface area contributed by atoms with Crippen LogP contribution in [0.2, 0.25) is 0 Å². The fourth-order valence-corrected chi connectivity index (χ4v) is 3.08. The zero-order valence-electron chi connectivity index (χ0n) is 13.7. The zero-order valence-corrected chi connectivity index (χ0v) is 13.7. The van der Waals surface area contributed by atoms with E-state index in [4.69, 9.17) is 9.84 Å². The first-order valence-corrected chi connectivity index (χ1v) is 7.39. The molecule has 0 aliphatic carbocycles. The van der Waals surface area contributed by atoms with Gasteiger partial charge in [-0.05, 0) is 27.7 Å². The molecule has 2 heterocycles. The third-order valence-electron chi connectivity index (χ3n) is 4.22. The Kier molecular flexibility index (Phi) is 4.55. The number of aryl methyl sites for hydroxylation is 2. The first kappa shape index (κ1) is 16.5. The van der Waals surface area contributed by atoms with Crippen molar-refractivity contribution in [1.29, 1.82) is 0 Å². The van der Waals surface area contributed by atoms with E-state index in [-0.39, 0.29) is 24.5 Å². The quantitative estimate of drug-likeness (QED) is 0.894. The maximum atomic E-state index is 12.8. The number of carbonyl (C=O) groups is 2. The molecule has 22 heavy (non-hydrogen) atoms. The molecule has 1 aromatic heterocycles. The van der Waals surface area contributed by atoms with Crippen molar-refractivity contribution in [3.05, 3.63) is 17.0 Å². The molecule has 0 spiro atoms. The predicted octanol–water partition coefficient (Wildman–Crippen LogP) is 0.841. The van der Waals surface area contributed by atoms with Gasteiger partial charge in [-0.25, -0.2) is 4.79 Å².